The van der Waals surface area contributed by atoms with Crippen LogP contribution in [0.1, 0.15) is 43.8 Å². The predicted octanol–water partition coefficient (Wildman–Crippen LogP) is 2.31. The molecule has 1 unspecified atom stereocenters. The number of sulfonamides is 1. The van der Waals surface area contributed by atoms with Gasteiger partial charge < -0.3 is 5.11 Å². The molecule has 112 valence electrons. The van der Waals surface area contributed by atoms with Crippen LogP contribution < -0.4 is 0 Å². The maximum Gasteiger partial charge on any atom is 0.211 e. The monoisotopic (exact) mass is 297 g/mol. The third kappa shape index (κ3) is 4.04. The van der Waals surface area contributed by atoms with Crippen molar-refractivity contribution in [1.82, 2.24) is 4.31 Å². The summed E-state index contributed by atoms with van der Waals surface area (Å²) in [5.74, 6) is 0. The molecule has 1 atom stereocenters. The zero-order valence-electron chi connectivity index (χ0n) is 11.9. The van der Waals surface area contributed by atoms with Crippen LogP contribution in [0, 0.1) is 0 Å². The average molecular weight is 297 g/mol. The molecule has 4 nitrogen and oxygen atoms in total. The summed E-state index contributed by atoms with van der Waals surface area (Å²) in [5, 5.41) is 10.3. The van der Waals surface area contributed by atoms with Gasteiger partial charge in [0.1, 0.15) is 0 Å². The highest BCUT2D eigenvalue weighted by molar-refractivity contribution is 7.88. The van der Waals surface area contributed by atoms with Crippen LogP contribution in [0.2, 0.25) is 0 Å². The van der Waals surface area contributed by atoms with E-state index in [1.54, 1.807) is 0 Å². The Morgan fingerprint density at radius 1 is 1.20 bits per heavy atom. The van der Waals surface area contributed by atoms with Gasteiger partial charge in [-0.15, -0.1) is 0 Å². The van der Waals surface area contributed by atoms with E-state index in [9.17, 15) is 13.5 Å². The molecule has 1 aromatic carbocycles. The fourth-order valence-electron chi connectivity index (χ4n) is 2.88. The molecule has 1 N–H and O–H groups in total. The predicted molar refractivity (Wildman–Crippen MR) is 79.8 cm³/mol. The Hall–Kier alpha value is -0.910. The molecule has 0 amide bonds. The first-order chi connectivity index (χ1) is 9.48. The minimum absolute atomic E-state index is 0.0390. The maximum absolute atomic E-state index is 12.0. The van der Waals surface area contributed by atoms with Crippen LogP contribution in [0.4, 0.5) is 0 Å². The largest absolute Gasteiger partial charge is 0.387 e. The van der Waals surface area contributed by atoms with Crippen LogP contribution in [0.5, 0.6) is 0 Å². The zero-order chi connectivity index (χ0) is 14.6. The third-order valence-corrected chi connectivity index (χ3v) is 5.24. The first-order valence-corrected chi connectivity index (χ1v) is 9.03. The lowest BCUT2D eigenvalue weighted by Crippen LogP contribution is -2.43. The fraction of sp³-hybridized carbons (Fsp3) is 0.600. The first-order valence-electron chi connectivity index (χ1n) is 7.18. The Balaban J connectivity index is 2.12. The topological polar surface area (TPSA) is 57.6 Å². The summed E-state index contributed by atoms with van der Waals surface area (Å²) in [6.45, 7) is 0.146. The van der Waals surface area contributed by atoms with Gasteiger partial charge in [-0.05, 0) is 18.4 Å². The van der Waals surface area contributed by atoms with E-state index >= 15 is 0 Å². The van der Waals surface area contributed by atoms with Gasteiger partial charge in [0.15, 0.2) is 0 Å². The lowest BCUT2D eigenvalue weighted by Gasteiger charge is -2.33. The van der Waals surface area contributed by atoms with Crippen molar-refractivity contribution in [3.05, 3.63) is 35.9 Å². The molecule has 1 aromatic rings. The molecule has 0 radical (unpaired) electrons. The van der Waals surface area contributed by atoms with Crippen molar-refractivity contribution in [3.8, 4) is 0 Å². The number of hydrogen-bond donors (Lipinski definition) is 1. The van der Waals surface area contributed by atoms with Crippen molar-refractivity contribution in [3.63, 3.8) is 0 Å². The van der Waals surface area contributed by atoms with E-state index in [-0.39, 0.29) is 12.6 Å². The van der Waals surface area contributed by atoms with E-state index in [2.05, 4.69) is 0 Å². The molecule has 1 aliphatic carbocycles. The van der Waals surface area contributed by atoms with Crippen molar-refractivity contribution in [2.24, 2.45) is 0 Å². The Labute approximate surface area is 121 Å². The lowest BCUT2D eigenvalue weighted by atomic mass is 9.95. The third-order valence-electron chi connectivity index (χ3n) is 3.95. The summed E-state index contributed by atoms with van der Waals surface area (Å²) >= 11 is 0. The molecule has 0 heterocycles. The summed E-state index contributed by atoms with van der Waals surface area (Å²) in [6, 6.07) is 9.27. The van der Waals surface area contributed by atoms with Gasteiger partial charge in [-0.1, -0.05) is 49.6 Å². The Morgan fingerprint density at radius 3 is 2.35 bits per heavy atom. The molecule has 5 heteroatoms. The van der Waals surface area contributed by atoms with Crippen LogP contribution in [0.15, 0.2) is 30.3 Å². The molecule has 0 bridgehead atoms. The second kappa shape index (κ2) is 6.70. The number of aliphatic hydroxyl groups excluding tert-OH is 1. The van der Waals surface area contributed by atoms with Crippen LogP contribution in [0.3, 0.4) is 0 Å². The summed E-state index contributed by atoms with van der Waals surface area (Å²) < 4.78 is 25.5. The van der Waals surface area contributed by atoms with Crippen LogP contribution >= 0.6 is 0 Å². The maximum atomic E-state index is 12.0. The summed E-state index contributed by atoms with van der Waals surface area (Å²) in [4.78, 5) is 0. The zero-order valence-corrected chi connectivity index (χ0v) is 12.7. The molecule has 1 fully saturated rings. The number of nitrogens with zero attached hydrogens (tertiary/aromatic N) is 1. The van der Waals surface area contributed by atoms with Crippen molar-refractivity contribution in [2.45, 2.75) is 44.2 Å². The van der Waals surface area contributed by atoms with E-state index in [1.807, 2.05) is 30.3 Å². The van der Waals surface area contributed by atoms with Crippen molar-refractivity contribution in [1.29, 1.82) is 0 Å². The first kappa shape index (κ1) is 15.5. The molecule has 20 heavy (non-hydrogen) atoms. The second-order valence-corrected chi connectivity index (χ2v) is 7.49. The van der Waals surface area contributed by atoms with Crippen LogP contribution in [-0.4, -0.2) is 36.7 Å². The van der Waals surface area contributed by atoms with Gasteiger partial charge in [0.05, 0.1) is 12.4 Å². The average Bonchev–Trinajstić information content (AvgIpc) is 2.45. The van der Waals surface area contributed by atoms with Gasteiger partial charge in [0, 0.05) is 12.6 Å². The lowest BCUT2D eigenvalue weighted by molar-refractivity contribution is 0.123. The van der Waals surface area contributed by atoms with E-state index in [0.29, 0.717) is 0 Å². The van der Waals surface area contributed by atoms with Gasteiger partial charge in [-0.3, -0.25) is 0 Å². The smallest absolute Gasteiger partial charge is 0.211 e. The highest BCUT2D eigenvalue weighted by Crippen LogP contribution is 2.26. The van der Waals surface area contributed by atoms with Gasteiger partial charge in [-0.2, -0.15) is 4.31 Å². The van der Waals surface area contributed by atoms with E-state index in [4.69, 9.17) is 0 Å². The van der Waals surface area contributed by atoms with Gasteiger partial charge in [0.2, 0.25) is 10.0 Å². The summed E-state index contributed by atoms with van der Waals surface area (Å²) in [5.41, 5.74) is 0.761. The second-order valence-electron chi connectivity index (χ2n) is 5.55. The van der Waals surface area contributed by atoms with E-state index < -0.39 is 16.1 Å². The molecular weight excluding hydrogens is 274 g/mol. The van der Waals surface area contributed by atoms with E-state index in [1.165, 1.54) is 17.0 Å². The van der Waals surface area contributed by atoms with Gasteiger partial charge in [0.25, 0.3) is 0 Å². The molecule has 1 saturated carbocycles. The Morgan fingerprint density at radius 2 is 1.80 bits per heavy atom. The highest BCUT2D eigenvalue weighted by atomic mass is 32.2. The number of rotatable bonds is 5. The molecular formula is C15H23NO3S. The molecule has 0 aromatic heterocycles. The minimum Gasteiger partial charge on any atom is -0.387 e. The summed E-state index contributed by atoms with van der Waals surface area (Å²) in [6.07, 6.45) is 5.57. The SMILES string of the molecule is CS(=O)(=O)N(CC(O)c1ccccc1)C1CCCCC1. The number of aliphatic hydroxyl groups is 1. The molecule has 1 aliphatic rings. The molecule has 2 rings (SSSR count). The molecule has 0 aliphatic heterocycles. The quantitative estimate of drug-likeness (QED) is 0.907. The Bertz CT molecular complexity index is 509. The molecule has 0 spiro atoms. The standard InChI is InChI=1S/C15H23NO3S/c1-20(18,19)16(14-10-6-3-7-11-14)12-15(17)13-8-4-2-5-9-13/h2,4-5,8-9,14-15,17H,3,6-7,10-12H2,1H3. The Kier molecular flexibility index (Phi) is 5.18. The van der Waals surface area contributed by atoms with Crippen molar-refractivity contribution < 1.29 is 13.5 Å². The summed E-state index contributed by atoms with van der Waals surface area (Å²) in [7, 11) is -3.29. The number of hydrogen-bond acceptors (Lipinski definition) is 3. The van der Waals surface area contributed by atoms with Crippen LogP contribution in [-0.2, 0) is 10.0 Å². The van der Waals surface area contributed by atoms with Crippen LogP contribution in [0.25, 0.3) is 0 Å². The highest BCUT2D eigenvalue weighted by Gasteiger charge is 2.30. The van der Waals surface area contributed by atoms with Gasteiger partial charge >= 0.3 is 0 Å². The fourth-order valence-corrected chi connectivity index (χ4v) is 4.04. The minimum atomic E-state index is -3.29. The molecule has 0 saturated heterocycles. The van der Waals surface area contributed by atoms with Gasteiger partial charge in [-0.25, -0.2) is 8.42 Å². The normalized spacial score (nSPS) is 19.1. The van der Waals surface area contributed by atoms with Crippen molar-refractivity contribution in [2.75, 3.05) is 12.8 Å². The van der Waals surface area contributed by atoms with E-state index in [0.717, 1.165) is 31.2 Å². The number of benzene rings is 1. The van der Waals surface area contributed by atoms with Crippen molar-refractivity contribution >= 4 is 10.0 Å².